The van der Waals surface area contributed by atoms with E-state index in [-0.39, 0.29) is 15.0 Å². The lowest BCUT2D eigenvalue weighted by atomic mass is 10.1. The van der Waals surface area contributed by atoms with Gasteiger partial charge in [-0.05, 0) is 56.2 Å². The van der Waals surface area contributed by atoms with Crippen molar-refractivity contribution in [3.05, 3.63) is 57.4 Å². The Morgan fingerprint density at radius 3 is 2.58 bits per heavy atom. The number of rotatable bonds is 5. The minimum atomic E-state index is -3.53. The van der Waals surface area contributed by atoms with Gasteiger partial charge in [-0.3, -0.25) is 10.1 Å². The number of amides is 1. The van der Waals surface area contributed by atoms with E-state index < -0.39 is 15.7 Å². The zero-order valence-electron chi connectivity index (χ0n) is 17.1. The van der Waals surface area contributed by atoms with Gasteiger partial charge in [0.15, 0.2) is 0 Å². The highest BCUT2D eigenvalue weighted by molar-refractivity contribution is 7.92. The van der Waals surface area contributed by atoms with Crippen LogP contribution in [0.15, 0.2) is 34.2 Å². The molecule has 0 saturated heterocycles. The second kappa shape index (κ2) is 8.63. The van der Waals surface area contributed by atoms with Gasteiger partial charge >= 0.3 is 0 Å². The van der Waals surface area contributed by atoms with E-state index in [1.807, 2.05) is 55.7 Å². The lowest BCUT2D eigenvalue weighted by Crippen LogP contribution is -2.13. The number of nitriles is 1. The number of aryl methyl sites for hydroxylation is 2. The van der Waals surface area contributed by atoms with Crippen molar-refractivity contribution >= 4 is 49.9 Å². The van der Waals surface area contributed by atoms with Gasteiger partial charge < -0.3 is 4.57 Å². The van der Waals surface area contributed by atoms with Gasteiger partial charge in [0.05, 0.1) is 0 Å². The predicted molar refractivity (Wildman–Crippen MR) is 120 cm³/mol. The Balaban J connectivity index is 1.94. The Kier molecular flexibility index (Phi) is 6.31. The Bertz CT molecular complexity index is 1360. The smallest absolute Gasteiger partial charge is 0.268 e. The van der Waals surface area contributed by atoms with Crippen LogP contribution in [0.5, 0.6) is 0 Å². The average molecular weight is 476 g/mol. The molecule has 8 nitrogen and oxygen atoms in total. The third-order valence-electron chi connectivity index (χ3n) is 4.49. The SMILES string of the molecule is Cc1ccc(Cl)cc1-n1c(C)cc(/C=C(/C#N)C(=O)Nc2nnc(S(C)(=O)=O)s2)c1C. The van der Waals surface area contributed by atoms with Crippen LogP contribution in [0.4, 0.5) is 5.13 Å². The molecule has 11 heteroatoms. The maximum atomic E-state index is 12.5. The Morgan fingerprint density at radius 2 is 1.97 bits per heavy atom. The van der Waals surface area contributed by atoms with Crippen molar-refractivity contribution < 1.29 is 13.2 Å². The third-order valence-corrected chi connectivity index (χ3v) is 7.23. The zero-order chi connectivity index (χ0) is 22.9. The number of sulfone groups is 1. The summed E-state index contributed by atoms with van der Waals surface area (Å²) in [6.07, 6.45) is 2.48. The Morgan fingerprint density at radius 1 is 1.26 bits per heavy atom. The molecule has 0 fully saturated rings. The molecule has 160 valence electrons. The second-order valence-corrected chi connectivity index (χ2v) is 10.5. The van der Waals surface area contributed by atoms with E-state index in [2.05, 4.69) is 15.5 Å². The van der Waals surface area contributed by atoms with Crippen molar-refractivity contribution in [2.24, 2.45) is 0 Å². The molecular weight excluding hydrogens is 458 g/mol. The van der Waals surface area contributed by atoms with Crippen molar-refractivity contribution in [2.75, 3.05) is 11.6 Å². The molecule has 0 unspecified atom stereocenters. The maximum absolute atomic E-state index is 12.5. The summed E-state index contributed by atoms with van der Waals surface area (Å²) in [5, 5.41) is 19.7. The minimum Gasteiger partial charge on any atom is -0.318 e. The van der Waals surface area contributed by atoms with Gasteiger partial charge in [-0.1, -0.05) is 29.0 Å². The van der Waals surface area contributed by atoms with Gasteiger partial charge in [0, 0.05) is 28.4 Å². The van der Waals surface area contributed by atoms with E-state index in [1.165, 1.54) is 6.08 Å². The highest BCUT2D eigenvalue weighted by Crippen LogP contribution is 2.27. The number of hydrogen-bond acceptors (Lipinski definition) is 7. The summed E-state index contributed by atoms with van der Waals surface area (Å²) in [4.78, 5) is 12.5. The lowest BCUT2D eigenvalue weighted by molar-refractivity contribution is -0.112. The number of nitrogens with zero attached hydrogens (tertiary/aromatic N) is 4. The molecule has 0 saturated carbocycles. The van der Waals surface area contributed by atoms with Gasteiger partial charge in [-0.2, -0.15) is 5.26 Å². The summed E-state index contributed by atoms with van der Waals surface area (Å²) in [6.45, 7) is 5.78. The lowest BCUT2D eigenvalue weighted by Gasteiger charge is -2.13. The van der Waals surface area contributed by atoms with Crippen LogP contribution in [0.3, 0.4) is 0 Å². The first-order valence-corrected chi connectivity index (χ1v) is 12.0. The van der Waals surface area contributed by atoms with E-state index in [0.29, 0.717) is 21.9 Å². The number of aromatic nitrogens is 3. The highest BCUT2D eigenvalue weighted by atomic mass is 35.5. The van der Waals surface area contributed by atoms with Crippen LogP contribution < -0.4 is 5.32 Å². The number of nitrogens with one attached hydrogen (secondary N) is 1. The number of anilines is 1. The van der Waals surface area contributed by atoms with Gasteiger partial charge in [-0.15, -0.1) is 10.2 Å². The molecule has 0 radical (unpaired) electrons. The summed E-state index contributed by atoms with van der Waals surface area (Å²) < 4.78 is 24.8. The molecule has 0 aliphatic carbocycles. The normalized spacial score (nSPS) is 11.9. The quantitative estimate of drug-likeness (QED) is 0.340. The van der Waals surface area contributed by atoms with Crippen molar-refractivity contribution in [2.45, 2.75) is 25.1 Å². The molecule has 0 aliphatic heterocycles. The molecule has 0 atom stereocenters. The van der Waals surface area contributed by atoms with Gasteiger partial charge in [0.25, 0.3) is 5.91 Å². The van der Waals surface area contributed by atoms with E-state index in [1.54, 1.807) is 0 Å². The third kappa shape index (κ3) is 4.85. The fourth-order valence-corrected chi connectivity index (χ4v) is 4.68. The summed E-state index contributed by atoms with van der Waals surface area (Å²) in [7, 11) is -3.53. The van der Waals surface area contributed by atoms with Crippen LogP contribution in [0.2, 0.25) is 5.02 Å². The van der Waals surface area contributed by atoms with Crippen LogP contribution >= 0.6 is 22.9 Å². The van der Waals surface area contributed by atoms with Crippen molar-refractivity contribution in [3.8, 4) is 11.8 Å². The number of benzene rings is 1. The largest absolute Gasteiger partial charge is 0.318 e. The fourth-order valence-electron chi connectivity index (χ4n) is 3.01. The van der Waals surface area contributed by atoms with Gasteiger partial charge in [0.2, 0.25) is 19.3 Å². The Labute approximate surface area is 188 Å². The maximum Gasteiger partial charge on any atom is 0.268 e. The molecule has 1 amide bonds. The molecule has 0 spiro atoms. The topological polar surface area (TPSA) is 118 Å². The molecule has 3 aromatic rings. The van der Waals surface area contributed by atoms with Crippen LogP contribution in [0, 0.1) is 32.1 Å². The molecule has 2 heterocycles. The first-order valence-electron chi connectivity index (χ1n) is 8.93. The summed E-state index contributed by atoms with van der Waals surface area (Å²) in [6, 6.07) is 9.35. The number of hydrogen-bond donors (Lipinski definition) is 1. The molecule has 0 bridgehead atoms. The van der Waals surface area contributed by atoms with Crippen molar-refractivity contribution in [1.82, 2.24) is 14.8 Å². The van der Waals surface area contributed by atoms with Crippen LogP contribution in [0.1, 0.15) is 22.5 Å². The first-order chi connectivity index (χ1) is 14.5. The highest BCUT2D eigenvalue weighted by Gasteiger charge is 2.19. The molecule has 31 heavy (non-hydrogen) atoms. The summed E-state index contributed by atoms with van der Waals surface area (Å²) >= 11 is 6.88. The molecular formula is C20H18ClN5O3S2. The van der Waals surface area contributed by atoms with Gasteiger partial charge in [0.1, 0.15) is 11.6 Å². The monoisotopic (exact) mass is 475 g/mol. The minimum absolute atomic E-state index is 0.00778. The van der Waals surface area contributed by atoms with Gasteiger partial charge in [-0.25, -0.2) is 8.42 Å². The van der Waals surface area contributed by atoms with Crippen LogP contribution in [-0.2, 0) is 14.6 Å². The predicted octanol–water partition coefficient (Wildman–Crippen LogP) is 3.86. The number of halogens is 1. The standard InChI is InChI=1S/C20H18ClN5O3S2/c1-11-5-6-16(21)9-17(11)26-12(2)7-14(13(26)3)8-15(10-22)18(27)23-19-24-25-20(30-19)31(4,28)29/h5-9H,1-4H3,(H,23,24,27)/b15-8-. The van der Waals surface area contributed by atoms with Crippen LogP contribution in [0.25, 0.3) is 11.8 Å². The number of carbonyl (C=O) groups excluding carboxylic acids is 1. The molecule has 1 aromatic carbocycles. The first kappa shape index (κ1) is 22.7. The van der Waals surface area contributed by atoms with E-state index in [4.69, 9.17) is 11.6 Å². The van der Waals surface area contributed by atoms with E-state index in [9.17, 15) is 18.5 Å². The van der Waals surface area contributed by atoms with Crippen molar-refractivity contribution in [3.63, 3.8) is 0 Å². The average Bonchev–Trinajstić information content (AvgIpc) is 3.26. The van der Waals surface area contributed by atoms with E-state index >= 15 is 0 Å². The second-order valence-electron chi connectivity index (χ2n) is 6.86. The Hall–Kier alpha value is -3.00. The zero-order valence-corrected chi connectivity index (χ0v) is 19.5. The van der Waals surface area contributed by atoms with E-state index in [0.717, 1.165) is 28.9 Å². The van der Waals surface area contributed by atoms with Crippen molar-refractivity contribution in [1.29, 1.82) is 5.26 Å². The molecule has 2 aromatic heterocycles. The fraction of sp³-hybridized carbons (Fsp3) is 0.200. The number of carbonyl (C=O) groups is 1. The summed E-state index contributed by atoms with van der Waals surface area (Å²) in [5.74, 6) is -0.706. The van der Waals surface area contributed by atoms with Crippen LogP contribution in [-0.4, -0.2) is 35.3 Å². The molecule has 1 N–H and O–H groups in total. The molecule has 0 aliphatic rings. The molecule has 3 rings (SSSR count). The summed E-state index contributed by atoms with van der Waals surface area (Å²) in [5.41, 5.74) is 4.22.